The second-order valence-electron chi connectivity index (χ2n) is 4.72. The van der Waals surface area contributed by atoms with Crippen molar-refractivity contribution in [3.8, 4) is 10.6 Å². The van der Waals surface area contributed by atoms with Gasteiger partial charge in [-0.05, 0) is 25.1 Å². The highest BCUT2D eigenvalue weighted by Gasteiger charge is 2.12. The fourth-order valence-corrected chi connectivity index (χ4v) is 3.03. The Morgan fingerprint density at radius 1 is 1.14 bits per heavy atom. The molecule has 110 valence electrons. The molecule has 0 bridgehead atoms. The van der Waals surface area contributed by atoms with Gasteiger partial charge in [0.05, 0.1) is 5.02 Å². The van der Waals surface area contributed by atoms with E-state index in [-0.39, 0.29) is 5.91 Å². The molecule has 22 heavy (non-hydrogen) atoms. The Hall–Kier alpha value is -2.24. The maximum atomic E-state index is 12.2. The van der Waals surface area contributed by atoms with Gasteiger partial charge in [0, 0.05) is 11.1 Å². The highest BCUT2D eigenvalue weighted by Crippen LogP contribution is 2.31. The minimum Gasteiger partial charge on any atom is -0.296 e. The molecule has 6 heteroatoms. The highest BCUT2D eigenvalue weighted by atomic mass is 35.5. The first-order chi connectivity index (χ1) is 10.6. The van der Waals surface area contributed by atoms with Crippen LogP contribution in [0.4, 0.5) is 5.13 Å². The maximum Gasteiger partial charge on any atom is 0.257 e. The number of carbonyl (C=O) groups is 1. The Labute approximate surface area is 136 Å². The minimum absolute atomic E-state index is 0.203. The number of anilines is 1. The molecule has 0 spiro atoms. The van der Waals surface area contributed by atoms with Gasteiger partial charge in [-0.25, -0.2) is 0 Å². The number of rotatable bonds is 3. The molecular weight excluding hydrogens is 318 g/mol. The second-order valence-corrected chi connectivity index (χ2v) is 6.10. The van der Waals surface area contributed by atoms with E-state index in [4.69, 9.17) is 11.6 Å². The summed E-state index contributed by atoms with van der Waals surface area (Å²) in [6, 6.07) is 14.8. The lowest BCUT2D eigenvalue weighted by atomic mass is 10.1. The second kappa shape index (κ2) is 6.25. The van der Waals surface area contributed by atoms with Gasteiger partial charge in [-0.15, -0.1) is 10.2 Å². The van der Waals surface area contributed by atoms with Crippen LogP contribution in [-0.4, -0.2) is 16.1 Å². The predicted molar refractivity (Wildman–Crippen MR) is 89.5 cm³/mol. The van der Waals surface area contributed by atoms with Crippen LogP contribution < -0.4 is 5.32 Å². The summed E-state index contributed by atoms with van der Waals surface area (Å²) in [4.78, 5) is 12.2. The van der Waals surface area contributed by atoms with E-state index in [1.54, 1.807) is 12.1 Å². The molecule has 3 aromatic rings. The van der Waals surface area contributed by atoms with Gasteiger partial charge in [0.15, 0.2) is 5.01 Å². The van der Waals surface area contributed by atoms with Gasteiger partial charge in [0.2, 0.25) is 5.13 Å². The normalized spacial score (nSPS) is 10.5. The molecule has 3 rings (SSSR count). The van der Waals surface area contributed by atoms with Gasteiger partial charge < -0.3 is 0 Å². The van der Waals surface area contributed by atoms with Crippen molar-refractivity contribution >= 4 is 34.0 Å². The van der Waals surface area contributed by atoms with Crippen LogP contribution in [0.2, 0.25) is 5.02 Å². The fraction of sp³-hybridized carbons (Fsp3) is 0.0625. The third-order valence-electron chi connectivity index (χ3n) is 3.03. The van der Waals surface area contributed by atoms with Crippen molar-refractivity contribution < 1.29 is 4.79 Å². The first-order valence-electron chi connectivity index (χ1n) is 6.60. The van der Waals surface area contributed by atoms with E-state index >= 15 is 0 Å². The Kier molecular flexibility index (Phi) is 4.18. The van der Waals surface area contributed by atoms with Crippen molar-refractivity contribution in [3.63, 3.8) is 0 Å². The van der Waals surface area contributed by atoms with Gasteiger partial charge in [-0.2, -0.15) is 0 Å². The topological polar surface area (TPSA) is 54.9 Å². The number of hydrogen-bond acceptors (Lipinski definition) is 4. The zero-order valence-electron chi connectivity index (χ0n) is 11.7. The van der Waals surface area contributed by atoms with Crippen LogP contribution in [0, 0.1) is 6.92 Å². The largest absolute Gasteiger partial charge is 0.296 e. The molecule has 0 radical (unpaired) electrons. The molecule has 0 aliphatic carbocycles. The first kappa shape index (κ1) is 14.7. The zero-order valence-corrected chi connectivity index (χ0v) is 13.3. The molecule has 4 nitrogen and oxygen atoms in total. The number of aryl methyl sites for hydroxylation is 1. The molecule has 2 aromatic carbocycles. The van der Waals surface area contributed by atoms with Gasteiger partial charge >= 0.3 is 0 Å². The summed E-state index contributed by atoms with van der Waals surface area (Å²) < 4.78 is 0. The van der Waals surface area contributed by atoms with Crippen LogP contribution >= 0.6 is 22.9 Å². The average molecular weight is 330 g/mol. The summed E-state index contributed by atoms with van der Waals surface area (Å²) in [6.45, 7) is 1.94. The van der Waals surface area contributed by atoms with Gasteiger partial charge in [0.1, 0.15) is 0 Å². The van der Waals surface area contributed by atoms with Crippen molar-refractivity contribution in [1.82, 2.24) is 10.2 Å². The Morgan fingerprint density at radius 2 is 1.95 bits per heavy atom. The monoisotopic (exact) mass is 329 g/mol. The molecule has 0 aliphatic rings. The van der Waals surface area contributed by atoms with E-state index < -0.39 is 0 Å². The van der Waals surface area contributed by atoms with Gasteiger partial charge in [-0.3, -0.25) is 10.1 Å². The average Bonchev–Trinajstić information content (AvgIpc) is 2.96. The molecule has 0 aliphatic heterocycles. The molecule has 0 fully saturated rings. The molecule has 0 saturated carbocycles. The summed E-state index contributed by atoms with van der Waals surface area (Å²) >= 11 is 7.43. The lowest BCUT2D eigenvalue weighted by molar-refractivity contribution is 0.102. The smallest absolute Gasteiger partial charge is 0.257 e. The van der Waals surface area contributed by atoms with Crippen molar-refractivity contribution in [2.75, 3.05) is 5.32 Å². The lowest BCUT2D eigenvalue weighted by Crippen LogP contribution is -2.11. The summed E-state index contributed by atoms with van der Waals surface area (Å²) in [5.41, 5.74) is 2.42. The quantitative estimate of drug-likeness (QED) is 0.774. The van der Waals surface area contributed by atoms with Crippen molar-refractivity contribution in [2.24, 2.45) is 0 Å². The van der Waals surface area contributed by atoms with E-state index in [9.17, 15) is 4.79 Å². The number of halogens is 1. The summed E-state index contributed by atoms with van der Waals surface area (Å²) in [6.07, 6.45) is 0. The number of hydrogen-bond donors (Lipinski definition) is 1. The van der Waals surface area contributed by atoms with Crippen molar-refractivity contribution in [3.05, 3.63) is 64.7 Å². The molecule has 1 N–H and O–H groups in total. The lowest BCUT2D eigenvalue weighted by Gasteiger charge is -2.01. The molecule has 1 heterocycles. The molecule has 1 aromatic heterocycles. The molecular formula is C16H12ClN3OS. The molecule has 0 saturated heterocycles. The van der Waals surface area contributed by atoms with E-state index in [0.29, 0.717) is 20.7 Å². The van der Waals surface area contributed by atoms with Crippen LogP contribution in [0.15, 0.2) is 48.5 Å². The van der Waals surface area contributed by atoms with Crippen LogP contribution in [-0.2, 0) is 0 Å². The van der Waals surface area contributed by atoms with Crippen LogP contribution in [0.25, 0.3) is 10.6 Å². The third-order valence-corrected chi connectivity index (χ3v) is 4.23. The minimum atomic E-state index is -0.203. The molecule has 0 unspecified atom stereocenters. The Morgan fingerprint density at radius 3 is 2.73 bits per heavy atom. The number of nitrogens with zero attached hydrogens (tertiary/aromatic N) is 2. The summed E-state index contributed by atoms with van der Waals surface area (Å²) in [5, 5.41) is 12.6. The van der Waals surface area contributed by atoms with Crippen LogP contribution in [0.3, 0.4) is 0 Å². The SMILES string of the molecule is Cc1cccc(C(=O)Nc2nnc(-c3ccccc3Cl)s2)c1. The number of benzene rings is 2. The highest BCUT2D eigenvalue weighted by molar-refractivity contribution is 7.18. The standard InChI is InChI=1S/C16H12ClN3OS/c1-10-5-4-6-11(9-10)14(21)18-16-20-19-15(22-16)12-7-2-3-8-13(12)17/h2-9H,1H3,(H,18,20,21). The van der Waals surface area contributed by atoms with E-state index in [2.05, 4.69) is 15.5 Å². The summed E-state index contributed by atoms with van der Waals surface area (Å²) in [7, 11) is 0. The maximum absolute atomic E-state index is 12.2. The Balaban J connectivity index is 1.80. The Bertz CT molecular complexity index is 832. The summed E-state index contributed by atoms with van der Waals surface area (Å²) in [5.74, 6) is -0.203. The van der Waals surface area contributed by atoms with Crippen LogP contribution in [0.5, 0.6) is 0 Å². The zero-order chi connectivity index (χ0) is 15.5. The number of aromatic nitrogens is 2. The van der Waals surface area contributed by atoms with Crippen molar-refractivity contribution in [2.45, 2.75) is 6.92 Å². The molecule has 1 amide bonds. The number of nitrogens with one attached hydrogen (secondary N) is 1. The van der Waals surface area contributed by atoms with Gasteiger partial charge in [0.25, 0.3) is 5.91 Å². The predicted octanol–water partition coefficient (Wildman–Crippen LogP) is 4.42. The van der Waals surface area contributed by atoms with Crippen LogP contribution in [0.1, 0.15) is 15.9 Å². The number of amides is 1. The third kappa shape index (κ3) is 3.16. The van der Waals surface area contributed by atoms with E-state index in [1.165, 1.54) is 11.3 Å². The van der Waals surface area contributed by atoms with Gasteiger partial charge in [-0.1, -0.05) is 58.8 Å². The fourth-order valence-electron chi connectivity index (χ4n) is 1.97. The van der Waals surface area contributed by atoms with E-state index in [1.807, 2.05) is 43.3 Å². The molecule has 0 atom stereocenters. The van der Waals surface area contributed by atoms with E-state index in [0.717, 1.165) is 11.1 Å². The number of carbonyl (C=O) groups excluding carboxylic acids is 1. The van der Waals surface area contributed by atoms with Crippen molar-refractivity contribution in [1.29, 1.82) is 0 Å². The first-order valence-corrected chi connectivity index (χ1v) is 7.79.